The predicted molar refractivity (Wildman–Crippen MR) is 108 cm³/mol. The molecule has 0 aliphatic heterocycles. The van der Waals surface area contributed by atoms with Gasteiger partial charge in [0, 0.05) is 47.8 Å². The third-order valence-electron chi connectivity index (χ3n) is 4.33. The lowest BCUT2D eigenvalue weighted by molar-refractivity contribution is 0.309. The maximum absolute atomic E-state index is 13.6. The van der Waals surface area contributed by atoms with Gasteiger partial charge >= 0.3 is 0 Å². The number of nitriles is 1. The molecule has 4 aromatic rings. The fourth-order valence-corrected chi connectivity index (χ4v) is 3.07. The zero-order valence-corrected chi connectivity index (χ0v) is 15.8. The van der Waals surface area contributed by atoms with Gasteiger partial charge in [0.1, 0.15) is 17.5 Å². The summed E-state index contributed by atoms with van der Waals surface area (Å²) < 4.78 is 15.2. The van der Waals surface area contributed by atoms with Crippen LogP contribution in [0.25, 0.3) is 33.5 Å². The number of hydrogen-bond donors (Lipinski definition) is 2. The Morgan fingerprint density at radius 3 is 3.07 bits per heavy atom. The summed E-state index contributed by atoms with van der Waals surface area (Å²) >= 11 is 0. The summed E-state index contributed by atoms with van der Waals surface area (Å²) in [6.07, 6.45) is 6.32. The molecule has 1 atom stereocenters. The van der Waals surface area contributed by atoms with E-state index in [0.29, 0.717) is 30.3 Å². The van der Waals surface area contributed by atoms with Crippen molar-refractivity contribution in [2.24, 2.45) is 0 Å². The van der Waals surface area contributed by atoms with Crippen molar-refractivity contribution < 1.29 is 4.39 Å². The van der Waals surface area contributed by atoms with Gasteiger partial charge in [-0.3, -0.25) is 4.68 Å². The molecule has 0 spiro atoms. The van der Waals surface area contributed by atoms with Crippen molar-refractivity contribution in [3.63, 3.8) is 0 Å². The number of rotatable bonds is 7. The first-order valence-corrected chi connectivity index (χ1v) is 9.23. The van der Waals surface area contributed by atoms with Gasteiger partial charge in [0.05, 0.1) is 24.7 Å². The summed E-state index contributed by atoms with van der Waals surface area (Å²) in [5.41, 5.74) is 3.69. The second-order valence-electron chi connectivity index (χ2n) is 6.63. The van der Waals surface area contributed by atoms with Crippen molar-refractivity contribution in [1.29, 1.82) is 5.26 Å². The van der Waals surface area contributed by atoms with E-state index in [1.165, 1.54) is 6.92 Å². The topological polar surface area (TPSA) is 108 Å². The number of alkyl halides is 1. The number of nitrogens with one attached hydrogen (secondary N) is 2. The molecule has 0 amide bonds. The van der Waals surface area contributed by atoms with Crippen LogP contribution >= 0.6 is 0 Å². The van der Waals surface area contributed by atoms with Crippen LogP contribution in [-0.4, -0.2) is 42.4 Å². The van der Waals surface area contributed by atoms with Crippen molar-refractivity contribution >= 4 is 17.0 Å². The Morgan fingerprint density at radius 1 is 1.34 bits per heavy atom. The van der Waals surface area contributed by atoms with Crippen molar-refractivity contribution in [3.05, 3.63) is 43.0 Å². The van der Waals surface area contributed by atoms with E-state index in [2.05, 4.69) is 36.4 Å². The predicted octanol–water partition coefficient (Wildman–Crippen LogP) is 3.57. The molecule has 0 bridgehead atoms. The van der Waals surface area contributed by atoms with E-state index >= 15 is 0 Å². The van der Waals surface area contributed by atoms with Crippen molar-refractivity contribution in [1.82, 2.24) is 29.7 Å². The summed E-state index contributed by atoms with van der Waals surface area (Å²) in [6, 6.07) is 7.78. The molecule has 9 heteroatoms. The third-order valence-corrected chi connectivity index (χ3v) is 4.33. The molecule has 0 fully saturated rings. The highest BCUT2D eigenvalue weighted by atomic mass is 19.1. The molecule has 1 unspecified atom stereocenters. The first-order chi connectivity index (χ1) is 14.1. The van der Waals surface area contributed by atoms with Crippen molar-refractivity contribution in [2.45, 2.75) is 26.1 Å². The van der Waals surface area contributed by atoms with Crippen LogP contribution in [0.2, 0.25) is 0 Å². The van der Waals surface area contributed by atoms with E-state index in [1.54, 1.807) is 29.3 Å². The number of anilines is 1. The molecular weight excluding hydrogens is 371 g/mol. The molecule has 0 saturated carbocycles. The van der Waals surface area contributed by atoms with Crippen LogP contribution in [0.4, 0.5) is 10.3 Å². The van der Waals surface area contributed by atoms with Crippen LogP contribution in [0.5, 0.6) is 0 Å². The Balaban J connectivity index is 1.76. The lowest BCUT2D eigenvalue weighted by Gasteiger charge is -2.05. The van der Waals surface area contributed by atoms with E-state index < -0.39 is 6.17 Å². The molecule has 0 radical (unpaired) electrons. The Kier molecular flexibility index (Phi) is 5.16. The first kappa shape index (κ1) is 18.6. The molecule has 4 aromatic heterocycles. The zero-order chi connectivity index (χ0) is 20.2. The van der Waals surface area contributed by atoms with Crippen LogP contribution < -0.4 is 5.32 Å². The molecule has 29 heavy (non-hydrogen) atoms. The van der Waals surface area contributed by atoms with Gasteiger partial charge in [-0.1, -0.05) is 0 Å². The maximum Gasteiger partial charge on any atom is 0.223 e. The molecule has 0 aliphatic rings. The number of nitrogens with zero attached hydrogens (tertiary/aromatic N) is 6. The van der Waals surface area contributed by atoms with Gasteiger partial charge < -0.3 is 10.3 Å². The number of aromatic amines is 1. The fraction of sp³-hybridized carbons (Fsp3) is 0.250. The minimum Gasteiger partial charge on any atom is -0.353 e. The quantitative estimate of drug-likeness (QED) is 0.467. The van der Waals surface area contributed by atoms with Crippen LogP contribution in [0.1, 0.15) is 13.3 Å². The summed E-state index contributed by atoms with van der Waals surface area (Å²) in [7, 11) is 0. The van der Waals surface area contributed by atoms with Crippen LogP contribution in [0, 0.1) is 11.3 Å². The van der Waals surface area contributed by atoms with Gasteiger partial charge in [0.15, 0.2) is 0 Å². The lowest BCUT2D eigenvalue weighted by atomic mass is 10.1. The van der Waals surface area contributed by atoms with Gasteiger partial charge in [-0.25, -0.2) is 19.3 Å². The van der Waals surface area contributed by atoms with E-state index in [1.807, 2.05) is 18.3 Å². The molecule has 0 saturated heterocycles. The van der Waals surface area contributed by atoms with Gasteiger partial charge in [0.25, 0.3) is 0 Å². The van der Waals surface area contributed by atoms with Gasteiger partial charge in [0.2, 0.25) is 5.95 Å². The number of fused-ring (bicyclic) bond motifs is 1. The average Bonchev–Trinajstić information content (AvgIpc) is 3.34. The van der Waals surface area contributed by atoms with Crippen LogP contribution in [0.15, 0.2) is 43.0 Å². The highest BCUT2D eigenvalue weighted by Gasteiger charge is 2.17. The normalized spacial score (nSPS) is 12.0. The second-order valence-corrected chi connectivity index (χ2v) is 6.63. The summed E-state index contributed by atoms with van der Waals surface area (Å²) in [5.74, 6) is 0.425. The van der Waals surface area contributed by atoms with Gasteiger partial charge in [-0.05, 0) is 25.1 Å². The molecular formula is C20H19FN8. The van der Waals surface area contributed by atoms with Crippen molar-refractivity contribution in [3.8, 4) is 28.6 Å². The van der Waals surface area contributed by atoms with Gasteiger partial charge in [-0.15, -0.1) is 0 Å². The number of halogens is 1. The summed E-state index contributed by atoms with van der Waals surface area (Å²) in [5, 5.41) is 17.3. The third kappa shape index (κ3) is 4.06. The molecule has 0 aliphatic carbocycles. The molecule has 8 nitrogen and oxygen atoms in total. The monoisotopic (exact) mass is 390 g/mol. The minimum absolute atomic E-state index is 0.144. The van der Waals surface area contributed by atoms with E-state index in [0.717, 1.165) is 22.2 Å². The van der Waals surface area contributed by atoms with Gasteiger partial charge in [-0.2, -0.15) is 10.4 Å². The average molecular weight is 390 g/mol. The largest absolute Gasteiger partial charge is 0.353 e. The SMILES string of the molecule is CC(F)Cn1cc(-c2ccnc(NCCC#N)n2)c(-c2cnc3[nH]ccc3c2)n1. The Bertz CT molecular complexity index is 1170. The Morgan fingerprint density at radius 2 is 2.24 bits per heavy atom. The fourth-order valence-electron chi connectivity index (χ4n) is 3.07. The first-order valence-electron chi connectivity index (χ1n) is 9.23. The smallest absolute Gasteiger partial charge is 0.223 e. The van der Waals surface area contributed by atoms with E-state index in [9.17, 15) is 4.39 Å². The number of aromatic nitrogens is 6. The van der Waals surface area contributed by atoms with E-state index in [4.69, 9.17) is 5.26 Å². The Labute approximate surface area is 166 Å². The van der Waals surface area contributed by atoms with Crippen molar-refractivity contribution in [2.75, 3.05) is 11.9 Å². The molecule has 4 heterocycles. The minimum atomic E-state index is -1.03. The zero-order valence-electron chi connectivity index (χ0n) is 15.8. The number of hydrogen-bond acceptors (Lipinski definition) is 6. The van der Waals surface area contributed by atoms with E-state index in [-0.39, 0.29) is 6.54 Å². The Hall–Kier alpha value is -3.80. The standard InChI is InChI=1S/C20H19FN8/c1-13(21)11-29-12-16(17-4-8-25-20(27-17)24-6-2-5-22)18(28-29)15-9-14-3-7-23-19(14)26-10-15/h3-4,7-10,12-13H,2,6,11H2,1H3,(H,23,26)(H,24,25,27). The maximum atomic E-state index is 13.6. The highest BCUT2D eigenvalue weighted by molar-refractivity contribution is 5.85. The summed E-state index contributed by atoms with van der Waals surface area (Å²) in [4.78, 5) is 16.2. The number of H-pyrrole nitrogens is 1. The van der Waals surface area contributed by atoms with Crippen LogP contribution in [0.3, 0.4) is 0 Å². The molecule has 4 rings (SSSR count). The molecule has 146 valence electrons. The van der Waals surface area contributed by atoms with Crippen LogP contribution in [-0.2, 0) is 6.54 Å². The highest BCUT2D eigenvalue weighted by Crippen LogP contribution is 2.31. The lowest BCUT2D eigenvalue weighted by Crippen LogP contribution is -2.08. The molecule has 0 aromatic carbocycles. The molecule has 2 N–H and O–H groups in total. The summed E-state index contributed by atoms with van der Waals surface area (Å²) in [6.45, 7) is 2.10. The second kappa shape index (κ2) is 8.06. The number of pyridine rings is 1.